The lowest BCUT2D eigenvalue weighted by atomic mass is 10.3. The van der Waals surface area contributed by atoms with Crippen LogP contribution >= 0.6 is 24.2 Å². The van der Waals surface area contributed by atoms with Gasteiger partial charge in [0.2, 0.25) is 5.91 Å². The molecule has 1 unspecified atom stereocenters. The molecule has 1 amide bonds. The van der Waals surface area contributed by atoms with Gasteiger partial charge >= 0.3 is 0 Å². The van der Waals surface area contributed by atoms with Gasteiger partial charge in [-0.1, -0.05) is 11.6 Å². The Bertz CT molecular complexity index is 424. The number of benzene rings is 1. The van der Waals surface area contributed by atoms with Crippen molar-refractivity contribution in [1.29, 1.82) is 0 Å². The molecule has 5 heteroatoms. The summed E-state index contributed by atoms with van der Waals surface area (Å²) in [5.74, 6) is 0.745. The molecule has 0 bridgehead atoms. The lowest BCUT2D eigenvalue weighted by Gasteiger charge is -2.18. The van der Waals surface area contributed by atoms with Gasteiger partial charge in [-0.05, 0) is 12.1 Å². The molecule has 3 nitrogen and oxygen atoms in total. The number of methoxy groups -OCH3 is 1. The van der Waals surface area contributed by atoms with Crippen molar-refractivity contribution in [2.24, 2.45) is 0 Å². The van der Waals surface area contributed by atoms with E-state index in [-0.39, 0.29) is 11.2 Å². The summed E-state index contributed by atoms with van der Waals surface area (Å²) in [6, 6.07) is 5.29. The third-order valence-electron chi connectivity index (χ3n) is 2.55. The van der Waals surface area contributed by atoms with Crippen molar-refractivity contribution < 1.29 is 9.53 Å². The molecule has 1 saturated heterocycles. The van der Waals surface area contributed by atoms with Crippen LogP contribution in [0.2, 0.25) is 5.02 Å². The van der Waals surface area contributed by atoms with Crippen molar-refractivity contribution in [2.45, 2.75) is 11.7 Å². The Balaban J connectivity index is 2.30. The van der Waals surface area contributed by atoms with E-state index >= 15 is 0 Å². The SMILES string of the molecule is COc1ccc(N2CC(S)CC2=O)c(Cl)c1. The number of ether oxygens (including phenoxy) is 1. The second-order valence-electron chi connectivity index (χ2n) is 3.68. The zero-order valence-electron chi connectivity index (χ0n) is 8.81. The number of hydrogen-bond acceptors (Lipinski definition) is 3. The smallest absolute Gasteiger partial charge is 0.228 e. The fraction of sp³-hybridized carbons (Fsp3) is 0.364. The summed E-state index contributed by atoms with van der Waals surface area (Å²) in [6.07, 6.45) is 0.464. The normalized spacial score (nSPS) is 20.3. The van der Waals surface area contributed by atoms with Crippen LogP contribution in [0, 0.1) is 0 Å². The lowest BCUT2D eigenvalue weighted by Crippen LogP contribution is -2.24. The van der Waals surface area contributed by atoms with Crippen LogP contribution in [0.5, 0.6) is 5.75 Å². The number of thiol groups is 1. The first-order valence-corrected chi connectivity index (χ1v) is 5.83. The Kier molecular flexibility index (Phi) is 3.30. The van der Waals surface area contributed by atoms with Crippen molar-refractivity contribution in [3.05, 3.63) is 23.2 Å². The van der Waals surface area contributed by atoms with E-state index < -0.39 is 0 Å². The molecular formula is C11H12ClNO2S. The molecule has 0 spiro atoms. The van der Waals surface area contributed by atoms with Gasteiger partial charge in [0.1, 0.15) is 5.75 Å². The standard InChI is InChI=1S/C11H12ClNO2S/c1-15-7-2-3-10(9(12)4-7)13-6-8(16)5-11(13)14/h2-4,8,16H,5-6H2,1H3. The van der Waals surface area contributed by atoms with E-state index in [9.17, 15) is 4.79 Å². The number of nitrogens with zero attached hydrogens (tertiary/aromatic N) is 1. The van der Waals surface area contributed by atoms with Gasteiger partial charge in [0.15, 0.2) is 0 Å². The second-order valence-corrected chi connectivity index (χ2v) is 4.82. The first kappa shape index (κ1) is 11.6. The first-order chi connectivity index (χ1) is 7.61. The van der Waals surface area contributed by atoms with Crippen molar-refractivity contribution >= 4 is 35.8 Å². The molecule has 0 saturated carbocycles. The van der Waals surface area contributed by atoms with E-state index in [1.54, 1.807) is 30.2 Å². The number of amides is 1. The fourth-order valence-corrected chi connectivity index (χ4v) is 2.35. The average Bonchev–Trinajstić information content (AvgIpc) is 2.57. The van der Waals surface area contributed by atoms with E-state index in [1.807, 2.05) is 0 Å². The molecule has 0 radical (unpaired) electrons. The van der Waals surface area contributed by atoms with Crippen molar-refractivity contribution in [2.75, 3.05) is 18.6 Å². The molecule has 1 aromatic rings. The van der Waals surface area contributed by atoms with Crippen LogP contribution in [0.3, 0.4) is 0 Å². The van der Waals surface area contributed by atoms with Crippen LogP contribution in [0.15, 0.2) is 18.2 Å². The molecule has 0 aromatic heterocycles. The molecule has 1 aromatic carbocycles. The van der Waals surface area contributed by atoms with Crippen LogP contribution in [0.4, 0.5) is 5.69 Å². The minimum atomic E-state index is 0.0621. The predicted molar refractivity (Wildman–Crippen MR) is 67.7 cm³/mol. The molecule has 0 aliphatic carbocycles. The van der Waals surface area contributed by atoms with E-state index in [1.165, 1.54) is 0 Å². The molecule has 0 N–H and O–H groups in total. The molecule has 1 atom stereocenters. The van der Waals surface area contributed by atoms with Gasteiger partial charge in [0.25, 0.3) is 0 Å². The molecular weight excluding hydrogens is 246 g/mol. The maximum atomic E-state index is 11.7. The molecule has 1 heterocycles. The number of rotatable bonds is 2. The second kappa shape index (κ2) is 4.55. The quantitative estimate of drug-likeness (QED) is 0.825. The van der Waals surface area contributed by atoms with Crippen molar-refractivity contribution in [3.63, 3.8) is 0 Å². The Morgan fingerprint density at radius 3 is 2.81 bits per heavy atom. The van der Waals surface area contributed by atoms with Crippen LogP contribution in [0.25, 0.3) is 0 Å². The largest absolute Gasteiger partial charge is 0.497 e. The van der Waals surface area contributed by atoms with Gasteiger partial charge in [-0.15, -0.1) is 0 Å². The highest BCUT2D eigenvalue weighted by atomic mass is 35.5. The van der Waals surface area contributed by atoms with Crippen molar-refractivity contribution in [1.82, 2.24) is 0 Å². The highest BCUT2D eigenvalue weighted by Crippen LogP contribution is 2.33. The molecule has 86 valence electrons. The number of halogens is 1. The van der Waals surface area contributed by atoms with Crippen LogP contribution in [-0.2, 0) is 4.79 Å². The molecule has 1 aliphatic heterocycles. The lowest BCUT2D eigenvalue weighted by molar-refractivity contribution is -0.117. The summed E-state index contributed by atoms with van der Waals surface area (Å²) in [5, 5.41) is 0.612. The maximum absolute atomic E-state index is 11.7. The summed E-state index contributed by atoms with van der Waals surface area (Å²) in [5.41, 5.74) is 0.726. The van der Waals surface area contributed by atoms with Crippen molar-refractivity contribution in [3.8, 4) is 5.75 Å². The molecule has 1 fully saturated rings. The topological polar surface area (TPSA) is 29.5 Å². The molecule has 16 heavy (non-hydrogen) atoms. The minimum absolute atomic E-state index is 0.0621. The summed E-state index contributed by atoms with van der Waals surface area (Å²) >= 11 is 10.4. The monoisotopic (exact) mass is 257 g/mol. The number of hydrogen-bond donors (Lipinski definition) is 1. The van der Waals surface area contributed by atoms with Crippen LogP contribution < -0.4 is 9.64 Å². The number of carbonyl (C=O) groups excluding carboxylic acids is 1. The van der Waals surface area contributed by atoms with Gasteiger partial charge in [0, 0.05) is 24.3 Å². The van der Waals surface area contributed by atoms with E-state index in [0.717, 1.165) is 5.69 Å². The Labute approximate surface area is 105 Å². The first-order valence-electron chi connectivity index (χ1n) is 4.94. The summed E-state index contributed by atoms with van der Waals surface area (Å²) < 4.78 is 5.06. The molecule has 2 rings (SSSR count). The number of anilines is 1. The Morgan fingerprint density at radius 2 is 2.31 bits per heavy atom. The predicted octanol–water partition coefficient (Wildman–Crippen LogP) is 2.38. The average molecular weight is 258 g/mol. The van der Waals surface area contributed by atoms with Crippen LogP contribution in [0.1, 0.15) is 6.42 Å². The number of carbonyl (C=O) groups is 1. The summed E-state index contributed by atoms with van der Waals surface area (Å²) in [7, 11) is 1.58. The Morgan fingerprint density at radius 1 is 1.56 bits per heavy atom. The fourth-order valence-electron chi connectivity index (χ4n) is 1.76. The van der Waals surface area contributed by atoms with E-state index in [2.05, 4.69) is 12.6 Å². The van der Waals surface area contributed by atoms with E-state index in [0.29, 0.717) is 23.7 Å². The Hall–Kier alpha value is -0.870. The summed E-state index contributed by atoms with van der Waals surface area (Å²) in [6.45, 7) is 0.605. The minimum Gasteiger partial charge on any atom is -0.497 e. The van der Waals surface area contributed by atoms with Gasteiger partial charge in [-0.25, -0.2) is 0 Å². The highest BCUT2D eigenvalue weighted by Gasteiger charge is 2.29. The van der Waals surface area contributed by atoms with Crippen LogP contribution in [-0.4, -0.2) is 24.8 Å². The van der Waals surface area contributed by atoms with E-state index in [4.69, 9.17) is 16.3 Å². The molecule has 1 aliphatic rings. The summed E-state index contributed by atoms with van der Waals surface area (Å²) in [4.78, 5) is 13.3. The van der Waals surface area contributed by atoms with Gasteiger partial charge in [-0.3, -0.25) is 4.79 Å². The van der Waals surface area contributed by atoms with Gasteiger partial charge in [-0.2, -0.15) is 12.6 Å². The third kappa shape index (κ3) is 2.13. The zero-order valence-corrected chi connectivity index (χ0v) is 10.5. The highest BCUT2D eigenvalue weighted by molar-refractivity contribution is 7.81. The third-order valence-corrected chi connectivity index (χ3v) is 3.20. The maximum Gasteiger partial charge on any atom is 0.228 e. The zero-order chi connectivity index (χ0) is 11.7. The van der Waals surface area contributed by atoms with Gasteiger partial charge in [0.05, 0.1) is 17.8 Å². The van der Waals surface area contributed by atoms with Gasteiger partial charge < -0.3 is 9.64 Å².